The Balaban J connectivity index is 1.47. The van der Waals surface area contributed by atoms with Crippen molar-refractivity contribution in [3.8, 4) is 0 Å². The molecule has 2 bridgehead atoms. The van der Waals surface area contributed by atoms with Gasteiger partial charge in [-0.2, -0.15) is 0 Å². The molecule has 1 aromatic heterocycles. The molecular formula is C18H28N2S. The highest BCUT2D eigenvalue weighted by molar-refractivity contribution is 7.10. The van der Waals surface area contributed by atoms with Crippen LogP contribution in [0.5, 0.6) is 0 Å². The van der Waals surface area contributed by atoms with Gasteiger partial charge in [0.25, 0.3) is 0 Å². The van der Waals surface area contributed by atoms with Gasteiger partial charge in [0.05, 0.1) is 0 Å². The number of nitrogens with one attached hydrogen (secondary N) is 1. The predicted octanol–water partition coefficient (Wildman–Crippen LogP) is 4.19. The Morgan fingerprint density at radius 3 is 2.48 bits per heavy atom. The second kappa shape index (κ2) is 6.02. The Bertz CT molecular complexity index is 438. The summed E-state index contributed by atoms with van der Waals surface area (Å²) in [5, 5.41) is 6.35. The van der Waals surface area contributed by atoms with Crippen LogP contribution in [-0.2, 0) is 0 Å². The van der Waals surface area contributed by atoms with Gasteiger partial charge in [-0.3, -0.25) is 0 Å². The third-order valence-corrected chi connectivity index (χ3v) is 7.19. The molecule has 116 valence electrons. The van der Waals surface area contributed by atoms with Crippen molar-refractivity contribution in [1.82, 2.24) is 10.2 Å². The highest BCUT2D eigenvalue weighted by Gasteiger charge is 2.40. The Morgan fingerprint density at radius 2 is 1.86 bits per heavy atom. The van der Waals surface area contributed by atoms with E-state index in [0.717, 1.165) is 24.0 Å². The van der Waals surface area contributed by atoms with Crippen molar-refractivity contribution in [3.05, 3.63) is 22.4 Å². The van der Waals surface area contributed by atoms with E-state index >= 15 is 0 Å². The van der Waals surface area contributed by atoms with Crippen molar-refractivity contribution in [2.45, 2.75) is 75.5 Å². The van der Waals surface area contributed by atoms with E-state index in [0.29, 0.717) is 6.04 Å². The lowest BCUT2D eigenvalue weighted by Crippen LogP contribution is -2.48. The van der Waals surface area contributed by atoms with E-state index in [1.807, 2.05) is 11.3 Å². The normalized spacial score (nSPS) is 35.4. The molecule has 3 heterocycles. The molecule has 2 aliphatic heterocycles. The predicted molar refractivity (Wildman–Crippen MR) is 89.7 cm³/mol. The van der Waals surface area contributed by atoms with Gasteiger partial charge >= 0.3 is 0 Å². The average molecular weight is 305 g/mol. The summed E-state index contributed by atoms with van der Waals surface area (Å²) in [5.41, 5.74) is 0. The van der Waals surface area contributed by atoms with Crippen LogP contribution in [0.3, 0.4) is 0 Å². The number of nitrogens with zero attached hydrogens (tertiary/aromatic N) is 1. The molecule has 0 aromatic carbocycles. The number of hydrogen-bond donors (Lipinski definition) is 1. The molecule has 21 heavy (non-hydrogen) atoms. The first kappa shape index (κ1) is 14.2. The van der Waals surface area contributed by atoms with Crippen molar-refractivity contribution in [1.29, 1.82) is 0 Å². The van der Waals surface area contributed by atoms with Crippen LogP contribution in [0.15, 0.2) is 17.5 Å². The molecule has 3 fully saturated rings. The van der Waals surface area contributed by atoms with Crippen LogP contribution in [0, 0.1) is 5.92 Å². The highest BCUT2D eigenvalue weighted by Crippen LogP contribution is 2.40. The number of rotatable bonds is 4. The molecule has 3 aliphatic rings. The van der Waals surface area contributed by atoms with Gasteiger partial charge in [-0.05, 0) is 62.9 Å². The Morgan fingerprint density at radius 1 is 1.14 bits per heavy atom. The molecule has 1 saturated carbocycles. The second-order valence-electron chi connectivity index (χ2n) is 7.42. The lowest BCUT2D eigenvalue weighted by Gasteiger charge is -2.39. The van der Waals surface area contributed by atoms with E-state index in [1.165, 1.54) is 51.4 Å². The van der Waals surface area contributed by atoms with Gasteiger partial charge < -0.3 is 10.2 Å². The van der Waals surface area contributed by atoms with E-state index in [-0.39, 0.29) is 0 Å². The minimum Gasteiger partial charge on any atom is -0.306 e. The quantitative estimate of drug-likeness (QED) is 0.897. The first-order valence-corrected chi connectivity index (χ1v) is 9.70. The molecule has 2 saturated heterocycles. The van der Waals surface area contributed by atoms with Gasteiger partial charge in [-0.25, -0.2) is 0 Å². The third-order valence-electron chi connectivity index (χ3n) is 6.23. The largest absolute Gasteiger partial charge is 0.306 e. The van der Waals surface area contributed by atoms with Gasteiger partial charge in [0.15, 0.2) is 0 Å². The summed E-state index contributed by atoms with van der Waals surface area (Å²) >= 11 is 1.95. The molecule has 3 heteroatoms. The van der Waals surface area contributed by atoms with E-state index in [4.69, 9.17) is 0 Å². The first-order valence-electron chi connectivity index (χ1n) is 8.82. The minimum absolute atomic E-state index is 0.625. The van der Waals surface area contributed by atoms with E-state index in [1.54, 1.807) is 4.88 Å². The number of hydrogen-bond acceptors (Lipinski definition) is 3. The zero-order valence-electron chi connectivity index (χ0n) is 13.1. The average Bonchev–Trinajstić information content (AvgIpc) is 3.20. The van der Waals surface area contributed by atoms with Gasteiger partial charge in [0.1, 0.15) is 0 Å². The molecule has 1 N–H and O–H groups in total. The van der Waals surface area contributed by atoms with Gasteiger partial charge in [-0.15, -0.1) is 11.3 Å². The lowest BCUT2D eigenvalue weighted by molar-refractivity contribution is 0.137. The van der Waals surface area contributed by atoms with Gasteiger partial charge in [-0.1, -0.05) is 18.9 Å². The standard InChI is InChI=1S/C18H28N2S/c1-20-15-8-9-16(20)12-14(11-15)19-18(13-5-2-3-6-13)17-7-4-10-21-17/h4,7,10,13-16,18-19H,2-3,5-6,8-9,11-12H2,1H3. The van der Waals surface area contributed by atoms with Gasteiger partial charge in [0.2, 0.25) is 0 Å². The third kappa shape index (κ3) is 2.80. The smallest absolute Gasteiger partial charge is 0.0445 e. The number of thiophene rings is 1. The van der Waals surface area contributed by atoms with Crippen LogP contribution in [0.1, 0.15) is 62.3 Å². The van der Waals surface area contributed by atoms with Crippen LogP contribution in [-0.4, -0.2) is 30.1 Å². The molecule has 1 aliphatic carbocycles. The maximum Gasteiger partial charge on any atom is 0.0445 e. The van der Waals surface area contributed by atoms with Crippen molar-refractivity contribution in [3.63, 3.8) is 0 Å². The summed E-state index contributed by atoms with van der Waals surface area (Å²) in [4.78, 5) is 4.22. The maximum absolute atomic E-state index is 4.11. The Labute approximate surface area is 132 Å². The Hall–Kier alpha value is -0.380. The molecular weight excluding hydrogens is 276 g/mol. The molecule has 0 spiro atoms. The molecule has 1 aromatic rings. The number of piperidine rings is 1. The highest BCUT2D eigenvalue weighted by atomic mass is 32.1. The zero-order chi connectivity index (χ0) is 14.2. The van der Waals surface area contributed by atoms with E-state index in [9.17, 15) is 0 Å². The fourth-order valence-corrected chi connectivity index (χ4v) is 5.89. The van der Waals surface area contributed by atoms with E-state index in [2.05, 4.69) is 34.8 Å². The molecule has 0 radical (unpaired) electrons. The van der Waals surface area contributed by atoms with Crippen molar-refractivity contribution in [2.75, 3.05) is 7.05 Å². The molecule has 0 amide bonds. The van der Waals surface area contributed by atoms with Crippen molar-refractivity contribution >= 4 is 11.3 Å². The first-order chi connectivity index (χ1) is 10.3. The Kier molecular flexibility index (Phi) is 4.08. The topological polar surface area (TPSA) is 15.3 Å². The van der Waals surface area contributed by atoms with Crippen molar-refractivity contribution < 1.29 is 0 Å². The van der Waals surface area contributed by atoms with Crippen LogP contribution >= 0.6 is 11.3 Å². The second-order valence-corrected chi connectivity index (χ2v) is 8.40. The molecule has 4 rings (SSSR count). The molecule has 3 unspecified atom stereocenters. The van der Waals surface area contributed by atoms with Crippen LogP contribution in [0.2, 0.25) is 0 Å². The summed E-state index contributed by atoms with van der Waals surface area (Å²) in [6, 6.07) is 7.63. The van der Waals surface area contributed by atoms with Crippen LogP contribution in [0.25, 0.3) is 0 Å². The minimum atomic E-state index is 0.625. The van der Waals surface area contributed by atoms with Crippen molar-refractivity contribution in [2.24, 2.45) is 5.92 Å². The maximum atomic E-state index is 4.11. The van der Waals surface area contributed by atoms with Crippen LogP contribution < -0.4 is 5.32 Å². The molecule has 3 atom stereocenters. The van der Waals surface area contributed by atoms with E-state index < -0.39 is 0 Å². The summed E-state index contributed by atoms with van der Waals surface area (Å²) in [5.74, 6) is 0.876. The molecule has 2 nitrogen and oxygen atoms in total. The van der Waals surface area contributed by atoms with Gasteiger partial charge in [0, 0.05) is 29.0 Å². The summed E-state index contributed by atoms with van der Waals surface area (Å²) in [6.45, 7) is 0. The SMILES string of the molecule is CN1C2CCC1CC(NC(c1cccs1)C1CCCC1)C2. The van der Waals surface area contributed by atoms with Crippen LogP contribution in [0.4, 0.5) is 0 Å². The summed E-state index contributed by atoms with van der Waals surface area (Å²) < 4.78 is 0. The number of fused-ring (bicyclic) bond motifs is 2. The lowest BCUT2D eigenvalue weighted by atomic mass is 9.92. The zero-order valence-corrected chi connectivity index (χ0v) is 13.9. The fourth-order valence-electron chi connectivity index (χ4n) is 5.01. The fraction of sp³-hybridized carbons (Fsp3) is 0.778. The monoisotopic (exact) mass is 304 g/mol. The summed E-state index contributed by atoms with van der Waals surface area (Å²) in [7, 11) is 2.34. The summed E-state index contributed by atoms with van der Waals surface area (Å²) in [6.07, 6.45) is 11.3.